The minimum absolute atomic E-state index is 0.106. The Hall–Kier alpha value is -1.62. The molecular formula is C12H16FNO3. The van der Waals surface area contributed by atoms with Crippen LogP contribution in [0.25, 0.3) is 0 Å². The number of carboxylic acids is 1. The molecule has 0 aliphatic heterocycles. The van der Waals surface area contributed by atoms with Crippen molar-refractivity contribution in [3.8, 4) is 5.75 Å². The van der Waals surface area contributed by atoms with Crippen molar-refractivity contribution >= 4 is 5.97 Å². The molecular weight excluding hydrogens is 225 g/mol. The molecule has 1 aromatic rings. The number of hydrogen-bond donors (Lipinski definition) is 3. The van der Waals surface area contributed by atoms with Crippen molar-refractivity contribution in [3.05, 3.63) is 29.1 Å². The minimum atomic E-state index is -1.26. The zero-order valence-corrected chi connectivity index (χ0v) is 9.99. The predicted octanol–water partition coefficient (Wildman–Crippen LogP) is 2.28. The summed E-state index contributed by atoms with van der Waals surface area (Å²) in [6, 6.07) is 1.32. The number of aromatic carboxylic acids is 1. The topological polar surface area (TPSA) is 83.6 Å². The van der Waals surface area contributed by atoms with Crippen LogP contribution in [0.4, 0.5) is 4.39 Å². The molecule has 0 bridgehead atoms. The quantitative estimate of drug-likeness (QED) is 0.741. The Morgan fingerprint density at radius 2 is 1.94 bits per heavy atom. The van der Waals surface area contributed by atoms with E-state index < -0.39 is 29.0 Å². The highest BCUT2D eigenvalue weighted by molar-refractivity contribution is 5.88. The first-order valence-electron chi connectivity index (χ1n) is 5.16. The van der Waals surface area contributed by atoms with Gasteiger partial charge >= 0.3 is 5.97 Å². The summed E-state index contributed by atoms with van der Waals surface area (Å²) >= 11 is 0. The third-order valence-corrected chi connectivity index (χ3v) is 2.61. The maximum absolute atomic E-state index is 13.4. The molecule has 1 rings (SSSR count). The van der Waals surface area contributed by atoms with Crippen molar-refractivity contribution in [3.63, 3.8) is 0 Å². The fraction of sp³-hybridized carbons (Fsp3) is 0.417. The lowest BCUT2D eigenvalue weighted by molar-refractivity contribution is 0.0696. The van der Waals surface area contributed by atoms with Gasteiger partial charge in [-0.3, -0.25) is 0 Å². The van der Waals surface area contributed by atoms with Crippen molar-refractivity contribution in [1.82, 2.24) is 0 Å². The van der Waals surface area contributed by atoms with E-state index >= 15 is 0 Å². The Kier molecular flexibility index (Phi) is 3.43. The standard InChI is InChI=1S/C12H16FNO3/c1-12(2,3)10(14)7-4-6(11(16)17)5-8(13)9(7)15/h4-5,10,15H,14H2,1-3H3,(H,16,17)/t10-/m1/s1. The third kappa shape index (κ3) is 2.74. The lowest BCUT2D eigenvalue weighted by Crippen LogP contribution is -2.26. The van der Waals surface area contributed by atoms with Crippen LogP contribution in [0.3, 0.4) is 0 Å². The second kappa shape index (κ2) is 4.33. The van der Waals surface area contributed by atoms with E-state index in [1.807, 2.05) is 20.8 Å². The van der Waals surface area contributed by atoms with Gasteiger partial charge in [0.25, 0.3) is 0 Å². The molecule has 0 unspecified atom stereocenters. The number of phenols is 1. The molecule has 0 aromatic heterocycles. The Morgan fingerprint density at radius 3 is 2.35 bits per heavy atom. The summed E-state index contributed by atoms with van der Waals surface area (Å²) in [4.78, 5) is 10.8. The van der Waals surface area contributed by atoms with Gasteiger partial charge in [-0.1, -0.05) is 20.8 Å². The highest BCUT2D eigenvalue weighted by Gasteiger charge is 2.27. The molecule has 4 N–H and O–H groups in total. The van der Waals surface area contributed by atoms with Crippen LogP contribution in [0.15, 0.2) is 12.1 Å². The second-order valence-electron chi connectivity index (χ2n) is 5.04. The van der Waals surface area contributed by atoms with E-state index in [-0.39, 0.29) is 11.1 Å². The highest BCUT2D eigenvalue weighted by atomic mass is 19.1. The summed E-state index contributed by atoms with van der Waals surface area (Å²) in [5.74, 6) is -2.82. The second-order valence-corrected chi connectivity index (χ2v) is 5.04. The molecule has 0 heterocycles. The fourth-order valence-corrected chi connectivity index (χ4v) is 1.45. The van der Waals surface area contributed by atoms with E-state index in [0.717, 1.165) is 6.07 Å². The van der Waals surface area contributed by atoms with Crippen molar-refractivity contribution in [2.75, 3.05) is 0 Å². The number of hydrogen-bond acceptors (Lipinski definition) is 3. The first-order valence-corrected chi connectivity index (χ1v) is 5.16. The van der Waals surface area contributed by atoms with Crippen molar-refractivity contribution in [2.24, 2.45) is 11.1 Å². The van der Waals surface area contributed by atoms with Crippen molar-refractivity contribution in [1.29, 1.82) is 0 Å². The first-order chi connectivity index (χ1) is 7.64. The molecule has 17 heavy (non-hydrogen) atoms. The van der Waals surface area contributed by atoms with Gasteiger partial charge in [0, 0.05) is 11.6 Å². The lowest BCUT2D eigenvalue weighted by atomic mass is 9.82. The van der Waals surface area contributed by atoms with Gasteiger partial charge in [0.15, 0.2) is 11.6 Å². The van der Waals surface area contributed by atoms with Crippen LogP contribution in [-0.4, -0.2) is 16.2 Å². The summed E-state index contributed by atoms with van der Waals surface area (Å²) < 4.78 is 13.4. The maximum Gasteiger partial charge on any atom is 0.335 e. The molecule has 0 fully saturated rings. The molecule has 94 valence electrons. The molecule has 0 aliphatic rings. The fourth-order valence-electron chi connectivity index (χ4n) is 1.45. The summed E-state index contributed by atoms with van der Waals surface area (Å²) in [5.41, 5.74) is 5.36. The van der Waals surface area contributed by atoms with Gasteiger partial charge in [-0.2, -0.15) is 0 Å². The largest absolute Gasteiger partial charge is 0.505 e. The summed E-state index contributed by atoms with van der Waals surface area (Å²) in [5, 5.41) is 18.4. The van der Waals surface area contributed by atoms with Gasteiger partial charge in [0.2, 0.25) is 0 Å². The number of halogens is 1. The molecule has 0 aliphatic carbocycles. The van der Waals surface area contributed by atoms with Crippen LogP contribution in [0, 0.1) is 11.2 Å². The molecule has 0 saturated heterocycles. The summed E-state index contributed by atoms with van der Waals surface area (Å²) in [7, 11) is 0. The number of carbonyl (C=O) groups is 1. The number of carboxylic acid groups (broad SMARTS) is 1. The van der Waals surface area contributed by atoms with Crippen LogP contribution in [-0.2, 0) is 0 Å². The maximum atomic E-state index is 13.4. The number of phenolic OH excluding ortho intramolecular Hbond substituents is 1. The SMILES string of the molecule is CC(C)(C)[C@H](N)c1cc(C(=O)O)cc(F)c1O. The van der Waals surface area contributed by atoms with Crippen LogP contribution in [0.1, 0.15) is 42.7 Å². The number of aromatic hydroxyl groups is 1. The summed E-state index contributed by atoms with van der Waals surface area (Å²) in [6.45, 7) is 5.47. The van der Waals surface area contributed by atoms with E-state index in [9.17, 15) is 14.3 Å². The molecule has 0 amide bonds. The summed E-state index contributed by atoms with van der Waals surface area (Å²) in [6.07, 6.45) is 0. The number of nitrogens with two attached hydrogens (primary N) is 1. The number of rotatable bonds is 2. The minimum Gasteiger partial charge on any atom is -0.505 e. The Balaban J connectivity index is 3.37. The van der Waals surface area contributed by atoms with Crippen LogP contribution in [0.2, 0.25) is 0 Å². The van der Waals surface area contributed by atoms with Gasteiger partial charge in [0.05, 0.1) is 5.56 Å². The molecule has 0 saturated carbocycles. The zero-order valence-electron chi connectivity index (χ0n) is 9.99. The monoisotopic (exact) mass is 241 g/mol. The Labute approximate surface area is 98.9 Å². The van der Waals surface area contributed by atoms with Gasteiger partial charge in [-0.05, 0) is 17.5 Å². The molecule has 0 radical (unpaired) electrons. The van der Waals surface area contributed by atoms with E-state index in [0.29, 0.717) is 0 Å². The molecule has 1 aromatic carbocycles. The van der Waals surface area contributed by atoms with E-state index in [1.54, 1.807) is 0 Å². The van der Waals surface area contributed by atoms with Gasteiger partial charge < -0.3 is 15.9 Å². The Morgan fingerprint density at radius 1 is 1.41 bits per heavy atom. The lowest BCUT2D eigenvalue weighted by Gasteiger charge is -2.28. The van der Waals surface area contributed by atoms with Crippen LogP contribution < -0.4 is 5.73 Å². The Bertz CT molecular complexity index is 452. The highest BCUT2D eigenvalue weighted by Crippen LogP contribution is 2.36. The molecule has 4 nitrogen and oxygen atoms in total. The molecule has 1 atom stereocenters. The van der Waals surface area contributed by atoms with Gasteiger partial charge in [0.1, 0.15) is 0 Å². The molecule has 0 spiro atoms. The van der Waals surface area contributed by atoms with E-state index in [1.165, 1.54) is 6.07 Å². The normalized spacial score (nSPS) is 13.5. The third-order valence-electron chi connectivity index (χ3n) is 2.61. The van der Waals surface area contributed by atoms with Crippen molar-refractivity contribution in [2.45, 2.75) is 26.8 Å². The van der Waals surface area contributed by atoms with Gasteiger partial charge in [-0.15, -0.1) is 0 Å². The van der Waals surface area contributed by atoms with E-state index in [2.05, 4.69) is 0 Å². The smallest absolute Gasteiger partial charge is 0.335 e. The van der Waals surface area contributed by atoms with E-state index in [4.69, 9.17) is 10.8 Å². The average molecular weight is 241 g/mol. The zero-order chi connectivity index (χ0) is 13.4. The average Bonchev–Trinajstić information content (AvgIpc) is 2.19. The predicted molar refractivity (Wildman–Crippen MR) is 61.4 cm³/mol. The first kappa shape index (κ1) is 13.4. The van der Waals surface area contributed by atoms with Crippen LogP contribution in [0.5, 0.6) is 5.75 Å². The van der Waals surface area contributed by atoms with Crippen molar-refractivity contribution < 1.29 is 19.4 Å². The van der Waals surface area contributed by atoms with Gasteiger partial charge in [-0.25, -0.2) is 9.18 Å². The number of benzene rings is 1. The van der Waals surface area contributed by atoms with Crippen LogP contribution >= 0.6 is 0 Å². The molecule has 5 heteroatoms.